The predicted molar refractivity (Wildman–Crippen MR) is 74.0 cm³/mol. The molecule has 0 bridgehead atoms. The molecule has 0 atom stereocenters. The molecule has 1 heterocycles. The molecule has 0 aliphatic carbocycles. The summed E-state index contributed by atoms with van der Waals surface area (Å²) >= 11 is 0. The summed E-state index contributed by atoms with van der Waals surface area (Å²) in [4.78, 5) is 4.44. The van der Waals surface area contributed by atoms with Crippen LogP contribution in [0.2, 0.25) is 0 Å². The molecule has 0 fully saturated rings. The monoisotopic (exact) mass is 230 g/mol. The Bertz CT molecular complexity index is 472. The number of aromatic nitrogens is 1. The van der Waals surface area contributed by atoms with Gasteiger partial charge in [-0.05, 0) is 6.07 Å². The Labute approximate surface area is 97.9 Å². The van der Waals surface area contributed by atoms with E-state index in [1.54, 1.807) is 0 Å². The van der Waals surface area contributed by atoms with Crippen molar-refractivity contribution in [2.75, 3.05) is 20.0 Å². The van der Waals surface area contributed by atoms with E-state index in [0.29, 0.717) is 0 Å². The Morgan fingerprint density at radius 3 is 2.25 bits per heavy atom. The van der Waals surface area contributed by atoms with Crippen LogP contribution < -0.4 is 5.30 Å². The van der Waals surface area contributed by atoms with E-state index in [-0.39, 0.29) is 0 Å². The Hall–Kier alpha value is -1.20. The number of pyridine rings is 1. The number of hydrogen-bond acceptors (Lipinski definition) is 1. The zero-order chi connectivity index (χ0) is 11.6. The van der Waals surface area contributed by atoms with Crippen LogP contribution >= 0.6 is 7.26 Å². The maximum atomic E-state index is 4.44. The molecule has 0 N–H and O–H groups in total. The minimum absolute atomic E-state index is 0.955. The summed E-state index contributed by atoms with van der Waals surface area (Å²) in [5, 5.41) is 1.43. The Kier molecular flexibility index (Phi) is 3.07. The van der Waals surface area contributed by atoms with Crippen molar-refractivity contribution in [2.24, 2.45) is 0 Å². The molecular formula is C14H17NP+. The Morgan fingerprint density at radius 2 is 1.62 bits per heavy atom. The zero-order valence-corrected chi connectivity index (χ0v) is 10.9. The van der Waals surface area contributed by atoms with Crippen LogP contribution in [0.25, 0.3) is 11.3 Å². The van der Waals surface area contributed by atoms with Gasteiger partial charge in [0.15, 0.2) is 0 Å². The van der Waals surface area contributed by atoms with Crippen molar-refractivity contribution in [2.45, 2.75) is 0 Å². The topological polar surface area (TPSA) is 12.9 Å². The first-order valence-electron chi connectivity index (χ1n) is 5.41. The van der Waals surface area contributed by atoms with Crippen LogP contribution in [-0.2, 0) is 0 Å². The van der Waals surface area contributed by atoms with Crippen molar-refractivity contribution in [3.63, 3.8) is 0 Å². The summed E-state index contributed by atoms with van der Waals surface area (Å²) in [6, 6.07) is 14.7. The van der Waals surface area contributed by atoms with E-state index in [1.807, 2.05) is 12.3 Å². The molecule has 0 radical (unpaired) electrons. The van der Waals surface area contributed by atoms with Crippen LogP contribution in [0.4, 0.5) is 0 Å². The quantitative estimate of drug-likeness (QED) is 0.721. The third-order valence-corrected chi connectivity index (χ3v) is 4.42. The van der Waals surface area contributed by atoms with Gasteiger partial charge in [-0.25, -0.2) is 0 Å². The molecule has 1 nitrogen and oxygen atoms in total. The van der Waals surface area contributed by atoms with Gasteiger partial charge in [0.2, 0.25) is 0 Å². The maximum Gasteiger partial charge on any atom is 0.0967 e. The van der Waals surface area contributed by atoms with Gasteiger partial charge in [-0.1, -0.05) is 30.3 Å². The van der Waals surface area contributed by atoms with E-state index >= 15 is 0 Å². The van der Waals surface area contributed by atoms with Gasteiger partial charge >= 0.3 is 0 Å². The standard InChI is InChI=1S/C14H17NP/c1-16(2,3)13-9-10-15-14(11-13)12-7-5-4-6-8-12/h4-11H,1-3H3/q+1. The van der Waals surface area contributed by atoms with Crippen LogP contribution in [0.1, 0.15) is 0 Å². The summed E-state index contributed by atoms with van der Waals surface area (Å²) in [6.45, 7) is 6.99. The van der Waals surface area contributed by atoms with Gasteiger partial charge < -0.3 is 0 Å². The second kappa shape index (κ2) is 4.35. The minimum Gasteiger partial charge on any atom is -0.256 e. The number of hydrogen-bond donors (Lipinski definition) is 0. The predicted octanol–water partition coefficient (Wildman–Crippen LogP) is 3.28. The van der Waals surface area contributed by atoms with Crippen LogP contribution in [0.3, 0.4) is 0 Å². The zero-order valence-electron chi connectivity index (χ0n) is 10.0. The van der Waals surface area contributed by atoms with E-state index < -0.39 is 7.26 Å². The minimum atomic E-state index is -0.955. The third kappa shape index (κ3) is 2.48. The maximum absolute atomic E-state index is 4.44. The van der Waals surface area contributed by atoms with E-state index in [2.05, 4.69) is 61.4 Å². The van der Waals surface area contributed by atoms with Crippen LogP contribution in [0.5, 0.6) is 0 Å². The van der Waals surface area contributed by atoms with E-state index in [0.717, 1.165) is 5.69 Å². The number of rotatable bonds is 2. The van der Waals surface area contributed by atoms with Crippen LogP contribution in [-0.4, -0.2) is 25.0 Å². The first-order chi connectivity index (χ1) is 7.57. The largest absolute Gasteiger partial charge is 0.256 e. The lowest BCUT2D eigenvalue weighted by molar-refractivity contribution is 1.34. The van der Waals surface area contributed by atoms with Gasteiger partial charge in [-0.2, -0.15) is 0 Å². The fourth-order valence-corrected chi connectivity index (χ4v) is 2.63. The lowest BCUT2D eigenvalue weighted by Crippen LogP contribution is -2.08. The van der Waals surface area contributed by atoms with Crippen molar-refractivity contribution in [3.05, 3.63) is 48.7 Å². The average molecular weight is 230 g/mol. The van der Waals surface area contributed by atoms with Gasteiger partial charge in [-0.3, -0.25) is 4.98 Å². The summed E-state index contributed by atoms with van der Waals surface area (Å²) < 4.78 is 0. The molecule has 16 heavy (non-hydrogen) atoms. The fourth-order valence-electron chi connectivity index (χ4n) is 1.60. The molecular weight excluding hydrogens is 213 g/mol. The number of nitrogens with zero attached hydrogens (tertiary/aromatic N) is 1. The molecule has 0 unspecified atom stereocenters. The second-order valence-electron chi connectivity index (χ2n) is 4.78. The average Bonchev–Trinajstić information content (AvgIpc) is 2.29. The van der Waals surface area contributed by atoms with Gasteiger partial charge in [0.1, 0.15) is 0 Å². The molecule has 0 amide bonds. The van der Waals surface area contributed by atoms with E-state index in [1.165, 1.54) is 10.9 Å². The lowest BCUT2D eigenvalue weighted by Gasteiger charge is -2.12. The Balaban J connectivity index is 2.45. The molecule has 2 heteroatoms. The smallest absolute Gasteiger partial charge is 0.0967 e. The Morgan fingerprint density at radius 1 is 0.938 bits per heavy atom. The molecule has 2 rings (SSSR count). The molecule has 82 valence electrons. The molecule has 0 aliphatic rings. The molecule has 0 aliphatic heterocycles. The van der Waals surface area contributed by atoms with Crippen molar-refractivity contribution >= 4 is 12.6 Å². The van der Waals surface area contributed by atoms with Crippen LogP contribution in [0.15, 0.2) is 48.7 Å². The van der Waals surface area contributed by atoms with E-state index in [9.17, 15) is 0 Å². The van der Waals surface area contributed by atoms with Crippen molar-refractivity contribution in [1.29, 1.82) is 0 Å². The highest BCUT2D eigenvalue weighted by atomic mass is 31.2. The highest BCUT2D eigenvalue weighted by molar-refractivity contribution is 7.80. The van der Waals surface area contributed by atoms with E-state index in [4.69, 9.17) is 0 Å². The van der Waals surface area contributed by atoms with Gasteiger partial charge in [0, 0.05) is 25.1 Å². The number of benzene rings is 1. The molecule has 1 aromatic carbocycles. The first kappa shape index (κ1) is 11.3. The third-order valence-electron chi connectivity index (χ3n) is 2.59. The highest BCUT2D eigenvalue weighted by Gasteiger charge is 2.21. The summed E-state index contributed by atoms with van der Waals surface area (Å²) in [7, 11) is -0.955. The van der Waals surface area contributed by atoms with Crippen molar-refractivity contribution < 1.29 is 0 Å². The SMILES string of the molecule is C[P+](C)(C)c1ccnc(-c2ccccc2)c1. The molecule has 1 aromatic heterocycles. The molecule has 0 saturated carbocycles. The summed E-state index contributed by atoms with van der Waals surface area (Å²) in [6.07, 6.45) is 1.92. The molecule has 2 aromatic rings. The molecule has 0 spiro atoms. The molecule has 0 saturated heterocycles. The van der Waals surface area contributed by atoms with Gasteiger partial charge in [0.25, 0.3) is 0 Å². The normalized spacial score (nSPS) is 11.4. The lowest BCUT2D eigenvalue weighted by atomic mass is 10.1. The fraction of sp³-hybridized carbons (Fsp3) is 0.214. The second-order valence-corrected chi connectivity index (χ2v) is 9.32. The summed E-state index contributed by atoms with van der Waals surface area (Å²) in [5.74, 6) is 0. The van der Waals surface area contributed by atoms with Crippen LogP contribution in [0, 0.1) is 0 Å². The highest BCUT2D eigenvalue weighted by Crippen LogP contribution is 2.45. The van der Waals surface area contributed by atoms with Crippen molar-refractivity contribution in [1.82, 2.24) is 4.98 Å². The first-order valence-corrected chi connectivity index (χ1v) is 8.54. The van der Waals surface area contributed by atoms with Crippen molar-refractivity contribution in [3.8, 4) is 11.3 Å². The van der Waals surface area contributed by atoms with Gasteiger partial charge in [-0.15, -0.1) is 0 Å². The van der Waals surface area contributed by atoms with Gasteiger partial charge in [0.05, 0.1) is 31.0 Å². The summed E-state index contributed by atoms with van der Waals surface area (Å²) in [5.41, 5.74) is 2.27.